The Morgan fingerprint density at radius 2 is 1.74 bits per heavy atom. The van der Waals surface area contributed by atoms with E-state index in [1.165, 1.54) is 18.2 Å². The van der Waals surface area contributed by atoms with Gasteiger partial charge in [-0.1, -0.05) is 38.1 Å². The molecule has 0 saturated carbocycles. The number of nitrogens with two attached hydrogens (primary N) is 1. The molecule has 9 nitrogen and oxygen atoms in total. The molecule has 1 heterocycles. The van der Waals surface area contributed by atoms with Gasteiger partial charge in [0.1, 0.15) is 6.61 Å². The van der Waals surface area contributed by atoms with Crippen LogP contribution < -0.4 is 15.2 Å². The molecule has 0 spiro atoms. The van der Waals surface area contributed by atoms with Crippen molar-refractivity contribution in [2.75, 3.05) is 11.3 Å². The monoisotopic (exact) mass is 498 g/mol. The number of benzene rings is 2. The third-order valence-electron chi connectivity index (χ3n) is 5.28. The van der Waals surface area contributed by atoms with E-state index >= 15 is 0 Å². The first-order valence-corrected chi connectivity index (χ1v) is 12.6. The predicted octanol–water partition coefficient (Wildman–Crippen LogP) is 4.01. The molecule has 3 rings (SSSR count). The van der Waals surface area contributed by atoms with Crippen molar-refractivity contribution in [1.82, 2.24) is 9.97 Å². The highest BCUT2D eigenvalue weighted by atomic mass is 32.2. The summed E-state index contributed by atoms with van der Waals surface area (Å²) in [5.74, 6) is -0.857. The van der Waals surface area contributed by atoms with E-state index in [0.717, 1.165) is 29.2 Å². The Balaban J connectivity index is 2.01. The Labute approximate surface area is 205 Å². The summed E-state index contributed by atoms with van der Waals surface area (Å²) in [5, 5.41) is 9.21. The van der Waals surface area contributed by atoms with Gasteiger partial charge in [0.05, 0.1) is 16.2 Å². The molecule has 186 valence electrons. The second-order valence-electron chi connectivity index (χ2n) is 8.82. The van der Waals surface area contributed by atoms with Gasteiger partial charge in [0.2, 0.25) is 11.8 Å². The first-order chi connectivity index (χ1) is 16.5. The van der Waals surface area contributed by atoms with Crippen LogP contribution in [0.2, 0.25) is 0 Å². The van der Waals surface area contributed by atoms with Gasteiger partial charge < -0.3 is 15.6 Å². The first-order valence-electron chi connectivity index (χ1n) is 11.2. The van der Waals surface area contributed by atoms with Gasteiger partial charge in [-0.25, -0.2) is 22.9 Å². The van der Waals surface area contributed by atoms with Crippen molar-refractivity contribution in [2.45, 2.75) is 45.1 Å². The van der Waals surface area contributed by atoms with Crippen LogP contribution in [0, 0.1) is 19.8 Å². The molecular weight excluding hydrogens is 468 g/mol. The lowest BCUT2D eigenvalue weighted by atomic mass is 10.00. The Kier molecular flexibility index (Phi) is 8.08. The Morgan fingerprint density at radius 3 is 2.37 bits per heavy atom. The molecule has 0 aliphatic heterocycles. The summed E-state index contributed by atoms with van der Waals surface area (Å²) >= 11 is 0. The number of hydrogen-bond donors (Lipinski definition) is 3. The van der Waals surface area contributed by atoms with Gasteiger partial charge in [0.15, 0.2) is 0 Å². The molecule has 0 radical (unpaired) electrons. The topological polar surface area (TPSA) is 144 Å². The van der Waals surface area contributed by atoms with Gasteiger partial charge >= 0.3 is 5.97 Å². The lowest BCUT2D eigenvalue weighted by molar-refractivity contribution is 0.0696. The summed E-state index contributed by atoms with van der Waals surface area (Å²) in [4.78, 5) is 19.7. The Morgan fingerprint density at radius 1 is 1.09 bits per heavy atom. The molecule has 0 aliphatic carbocycles. The number of nitrogens with zero attached hydrogens (tertiary/aromatic N) is 2. The number of anilines is 1. The molecule has 0 fully saturated rings. The van der Waals surface area contributed by atoms with E-state index in [2.05, 4.69) is 28.5 Å². The van der Waals surface area contributed by atoms with Gasteiger partial charge in [0, 0.05) is 17.7 Å². The van der Waals surface area contributed by atoms with Crippen molar-refractivity contribution in [2.24, 2.45) is 11.7 Å². The van der Waals surface area contributed by atoms with Crippen LogP contribution in [0.1, 0.15) is 41.8 Å². The van der Waals surface area contributed by atoms with Crippen LogP contribution in [-0.2, 0) is 10.0 Å². The Bertz CT molecular complexity index is 1300. The molecule has 10 heteroatoms. The second kappa shape index (κ2) is 10.8. The van der Waals surface area contributed by atoms with Crippen LogP contribution in [0.4, 0.5) is 5.95 Å². The SMILES string of the molecule is Cc1cccc(C)c1-c1cc(OCC(N)CC(C)C)nc(NS(=O)(=O)c2cccc(C(=O)O)c2)n1. The fraction of sp³-hybridized carbons (Fsp3) is 0.320. The molecule has 0 saturated heterocycles. The zero-order valence-corrected chi connectivity index (χ0v) is 21.0. The molecule has 1 atom stereocenters. The summed E-state index contributed by atoms with van der Waals surface area (Å²) in [5.41, 5.74) is 9.22. The van der Waals surface area contributed by atoms with Crippen molar-refractivity contribution in [3.8, 4) is 17.1 Å². The lowest BCUT2D eigenvalue weighted by Crippen LogP contribution is -2.29. The summed E-state index contributed by atoms with van der Waals surface area (Å²) in [6.45, 7) is 8.20. The largest absolute Gasteiger partial charge is 0.478 e. The number of hydrogen-bond acceptors (Lipinski definition) is 7. The van der Waals surface area contributed by atoms with E-state index in [4.69, 9.17) is 10.5 Å². The number of nitrogens with one attached hydrogen (secondary N) is 1. The van der Waals surface area contributed by atoms with Crippen LogP contribution in [0.5, 0.6) is 5.88 Å². The number of aryl methyl sites for hydroxylation is 2. The first kappa shape index (κ1) is 26.1. The molecular formula is C25H30N4O5S. The number of rotatable bonds is 10. The summed E-state index contributed by atoms with van der Waals surface area (Å²) in [6.07, 6.45) is 0.758. The van der Waals surface area contributed by atoms with E-state index in [1.807, 2.05) is 32.0 Å². The number of sulfonamides is 1. The van der Waals surface area contributed by atoms with E-state index in [1.54, 1.807) is 6.07 Å². The zero-order valence-electron chi connectivity index (χ0n) is 20.1. The van der Waals surface area contributed by atoms with Gasteiger partial charge in [-0.05, 0) is 55.5 Å². The number of aromatic carboxylic acids is 1. The third kappa shape index (κ3) is 6.77. The molecule has 3 aromatic rings. The maximum atomic E-state index is 13.0. The van der Waals surface area contributed by atoms with E-state index in [9.17, 15) is 18.3 Å². The van der Waals surface area contributed by atoms with Crippen LogP contribution >= 0.6 is 0 Å². The standard InChI is InChI=1S/C25H30N4O5S/c1-15(2)11-19(26)14-34-22-13-21(23-16(3)7-5-8-17(23)4)27-25(28-22)29-35(32,33)20-10-6-9-18(12-20)24(30)31/h5-10,12-13,15,19H,11,14,26H2,1-4H3,(H,30,31)(H,27,28,29). The average Bonchev–Trinajstić information content (AvgIpc) is 2.77. The molecule has 4 N–H and O–H groups in total. The lowest BCUT2D eigenvalue weighted by Gasteiger charge is -2.17. The number of aromatic nitrogens is 2. The summed E-state index contributed by atoms with van der Waals surface area (Å²) < 4.78 is 34.2. The number of carboxylic acid groups (broad SMARTS) is 1. The highest BCUT2D eigenvalue weighted by Gasteiger charge is 2.20. The van der Waals surface area contributed by atoms with Crippen LogP contribution in [0.25, 0.3) is 11.3 Å². The second-order valence-corrected chi connectivity index (χ2v) is 10.5. The van der Waals surface area contributed by atoms with Gasteiger partial charge in [-0.15, -0.1) is 0 Å². The maximum Gasteiger partial charge on any atom is 0.335 e. The summed E-state index contributed by atoms with van der Waals surface area (Å²) in [6, 6.07) is 12.3. The fourth-order valence-electron chi connectivity index (χ4n) is 3.73. The van der Waals surface area contributed by atoms with Gasteiger partial charge in [-0.2, -0.15) is 4.98 Å². The minimum atomic E-state index is -4.17. The van der Waals surface area contributed by atoms with Gasteiger partial charge in [-0.3, -0.25) is 0 Å². The quantitative estimate of drug-likeness (QED) is 0.380. The minimum Gasteiger partial charge on any atom is -0.478 e. The molecule has 1 aromatic heterocycles. The van der Waals surface area contributed by atoms with E-state index in [-0.39, 0.29) is 34.9 Å². The molecule has 0 bridgehead atoms. The minimum absolute atomic E-state index is 0.152. The number of carboxylic acids is 1. The van der Waals surface area contributed by atoms with Crippen molar-refractivity contribution in [3.05, 3.63) is 65.2 Å². The maximum absolute atomic E-state index is 13.0. The number of carbonyl (C=O) groups is 1. The fourth-order valence-corrected chi connectivity index (χ4v) is 4.72. The highest BCUT2D eigenvalue weighted by molar-refractivity contribution is 7.92. The van der Waals surface area contributed by atoms with Crippen LogP contribution in [-0.4, -0.2) is 42.1 Å². The van der Waals surface area contributed by atoms with E-state index in [0.29, 0.717) is 11.6 Å². The van der Waals surface area contributed by atoms with Crippen LogP contribution in [0.15, 0.2) is 53.4 Å². The molecule has 0 aliphatic rings. The predicted molar refractivity (Wildman–Crippen MR) is 134 cm³/mol. The Hall–Kier alpha value is -3.50. The summed E-state index contributed by atoms with van der Waals surface area (Å²) in [7, 11) is -4.17. The molecule has 1 unspecified atom stereocenters. The smallest absolute Gasteiger partial charge is 0.335 e. The van der Waals surface area contributed by atoms with Crippen LogP contribution in [0.3, 0.4) is 0 Å². The normalized spacial score (nSPS) is 12.4. The van der Waals surface area contributed by atoms with Crippen molar-refractivity contribution < 1.29 is 23.1 Å². The molecule has 2 aromatic carbocycles. The van der Waals surface area contributed by atoms with E-state index < -0.39 is 16.0 Å². The highest BCUT2D eigenvalue weighted by Crippen LogP contribution is 2.29. The average molecular weight is 499 g/mol. The zero-order chi connectivity index (χ0) is 25.8. The third-order valence-corrected chi connectivity index (χ3v) is 6.60. The van der Waals surface area contributed by atoms with Crippen molar-refractivity contribution in [1.29, 1.82) is 0 Å². The molecule has 35 heavy (non-hydrogen) atoms. The van der Waals surface area contributed by atoms with Gasteiger partial charge in [0.25, 0.3) is 10.0 Å². The van der Waals surface area contributed by atoms with Crippen molar-refractivity contribution in [3.63, 3.8) is 0 Å². The number of ether oxygens (including phenoxy) is 1. The van der Waals surface area contributed by atoms with Crippen molar-refractivity contribution >= 4 is 21.9 Å². The molecule has 0 amide bonds.